The summed E-state index contributed by atoms with van der Waals surface area (Å²) >= 11 is 0. The van der Waals surface area contributed by atoms with Crippen LogP contribution < -0.4 is 0 Å². The lowest BCUT2D eigenvalue weighted by molar-refractivity contribution is -0.345. The highest BCUT2D eigenvalue weighted by molar-refractivity contribution is 4.93. The molecule has 3 unspecified atom stereocenters. The van der Waals surface area contributed by atoms with Crippen LogP contribution in [0.5, 0.6) is 0 Å². The topological polar surface area (TPSA) is 64.6 Å². The lowest BCUT2D eigenvalue weighted by Gasteiger charge is -2.39. The van der Waals surface area contributed by atoms with Gasteiger partial charge in [0.1, 0.15) is 44.4 Å². The molecule has 7 nitrogen and oxygen atoms in total. The average Bonchev–Trinajstić information content (AvgIpc) is 2.81. The second kappa shape index (κ2) is 16.8. The molecular weight excluding hydrogens is 476 g/mol. The van der Waals surface area contributed by atoms with Gasteiger partial charge in [-0.3, -0.25) is 0 Å². The molecule has 0 aromatic carbocycles. The van der Waals surface area contributed by atoms with Crippen LogP contribution in [0.15, 0.2) is 49.8 Å². The molecule has 0 aromatic heterocycles. The first-order valence-electron chi connectivity index (χ1n) is 11.2. The van der Waals surface area contributed by atoms with Crippen LogP contribution in [0.1, 0.15) is 6.92 Å². The number of allylic oxidation sites excluding steroid dienone is 1. The molecule has 1 fully saturated rings. The molecule has 1 aliphatic rings. The Morgan fingerprint density at radius 1 is 1.06 bits per heavy atom. The van der Waals surface area contributed by atoms with Gasteiger partial charge in [-0.2, -0.15) is 8.78 Å². The number of ether oxygens (including phenoxy) is 7. The summed E-state index contributed by atoms with van der Waals surface area (Å²) in [5.41, 5.74) is 0. The highest BCUT2D eigenvalue weighted by Crippen LogP contribution is 2.36. The fraction of sp³-hybridized carbons (Fsp3) is 0.667. The molecule has 1 rings (SSSR count). The largest absolute Gasteiger partial charge is 0.492 e. The average molecular weight is 513 g/mol. The zero-order chi connectivity index (χ0) is 26.2. The van der Waals surface area contributed by atoms with Crippen LogP contribution in [-0.2, 0) is 33.2 Å². The first-order valence-corrected chi connectivity index (χ1v) is 11.2. The second-order valence-corrected chi connectivity index (χ2v) is 7.67. The van der Waals surface area contributed by atoms with E-state index in [9.17, 15) is 17.6 Å². The molecule has 0 aliphatic carbocycles. The van der Waals surface area contributed by atoms with Crippen LogP contribution in [0.3, 0.4) is 0 Å². The normalized spacial score (nSPS) is 21.3. The van der Waals surface area contributed by atoms with Gasteiger partial charge in [-0.15, -0.1) is 13.2 Å². The summed E-state index contributed by atoms with van der Waals surface area (Å²) in [4.78, 5) is 0. The molecule has 0 spiro atoms. The van der Waals surface area contributed by atoms with Crippen molar-refractivity contribution in [2.75, 3.05) is 66.1 Å². The van der Waals surface area contributed by atoms with Crippen molar-refractivity contribution in [2.45, 2.75) is 31.2 Å². The molecule has 1 heterocycles. The van der Waals surface area contributed by atoms with Gasteiger partial charge in [0.25, 0.3) is 5.92 Å². The van der Waals surface area contributed by atoms with E-state index in [2.05, 4.69) is 24.5 Å². The minimum absolute atomic E-state index is 0.0291. The quantitative estimate of drug-likeness (QED) is 0.105. The van der Waals surface area contributed by atoms with Crippen molar-refractivity contribution in [3.05, 3.63) is 49.8 Å². The maximum Gasteiger partial charge on any atom is 0.379 e. The smallest absolute Gasteiger partial charge is 0.379 e. The maximum absolute atomic E-state index is 14.5. The zero-order valence-corrected chi connectivity index (χ0v) is 20.1. The fourth-order valence-corrected chi connectivity index (χ4v) is 3.02. The summed E-state index contributed by atoms with van der Waals surface area (Å²) in [7, 11) is 0. The lowest BCUT2D eigenvalue weighted by atomic mass is 9.96. The Morgan fingerprint density at radius 2 is 1.74 bits per heavy atom. The van der Waals surface area contributed by atoms with Gasteiger partial charge in [0.2, 0.25) is 0 Å². The number of hydrogen-bond donors (Lipinski definition) is 0. The summed E-state index contributed by atoms with van der Waals surface area (Å²) in [6.07, 6.45) is -0.608. The van der Waals surface area contributed by atoms with E-state index in [4.69, 9.17) is 28.4 Å². The highest BCUT2D eigenvalue weighted by atomic mass is 19.3. The van der Waals surface area contributed by atoms with Crippen LogP contribution in [0.2, 0.25) is 0 Å². The number of rotatable bonds is 20. The maximum atomic E-state index is 14.5. The van der Waals surface area contributed by atoms with Crippen LogP contribution in [0.4, 0.5) is 17.6 Å². The van der Waals surface area contributed by atoms with Crippen molar-refractivity contribution in [1.82, 2.24) is 0 Å². The fourth-order valence-electron chi connectivity index (χ4n) is 3.02. The number of alkyl halides is 4. The van der Waals surface area contributed by atoms with Gasteiger partial charge < -0.3 is 33.2 Å². The highest BCUT2D eigenvalue weighted by Gasteiger charge is 2.53. The molecule has 0 bridgehead atoms. The van der Waals surface area contributed by atoms with Gasteiger partial charge >= 0.3 is 6.11 Å². The summed E-state index contributed by atoms with van der Waals surface area (Å²) in [6, 6.07) is 0. The van der Waals surface area contributed by atoms with E-state index in [0.717, 1.165) is 0 Å². The molecule has 0 radical (unpaired) electrons. The molecule has 202 valence electrons. The Bertz CT molecular complexity index is 658. The lowest BCUT2D eigenvalue weighted by Crippen LogP contribution is -2.55. The van der Waals surface area contributed by atoms with Crippen LogP contribution in [0.25, 0.3) is 0 Å². The predicted octanol–water partition coefficient (Wildman–Crippen LogP) is 4.16. The van der Waals surface area contributed by atoms with Crippen molar-refractivity contribution in [3.63, 3.8) is 0 Å². The third-order valence-corrected chi connectivity index (χ3v) is 4.62. The zero-order valence-electron chi connectivity index (χ0n) is 20.1. The summed E-state index contributed by atoms with van der Waals surface area (Å²) in [6.45, 7) is 9.86. The van der Waals surface area contributed by atoms with Gasteiger partial charge in [0, 0.05) is 5.92 Å². The van der Waals surface area contributed by atoms with E-state index in [0.29, 0.717) is 5.76 Å². The molecule has 1 aliphatic heterocycles. The van der Waals surface area contributed by atoms with E-state index < -0.39 is 43.4 Å². The molecule has 0 saturated carbocycles. The first-order chi connectivity index (χ1) is 16.7. The van der Waals surface area contributed by atoms with Crippen LogP contribution in [0, 0.1) is 5.92 Å². The van der Waals surface area contributed by atoms with Gasteiger partial charge in [-0.25, -0.2) is 8.78 Å². The van der Waals surface area contributed by atoms with Gasteiger partial charge in [-0.05, 0) is 13.0 Å². The number of halogens is 4. The van der Waals surface area contributed by atoms with Crippen molar-refractivity contribution in [1.29, 1.82) is 0 Å². The van der Waals surface area contributed by atoms with Crippen molar-refractivity contribution in [2.24, 2.45) is 5.92 Å². The van der Waals surface area contributed by atoms with E-state index in [1.807, 2.05) is 0 Å². The molecule has 1 saturated heterocycles. The second-order valence-electron chi connectivity index (χ2n) is 7.67. The Hall–Kier alpha value is -1.76. The predicted molar refractivity (Wildman–Crippen MR) is 122 cm³/mol. The van der Waals surface area contributed by atoms with Crippen LogP contribution >= 0.6 is 0 Å². The van der Waals surface area contributed by atoms with Gasteiger partial charge in [0.15, 0.2) is 0 Å². The summed E-state index contributed by atoms with van der Waals surface area (Å²) in [5, 5.41) is 0. The Morgan fingerprint density at radius 3 is 2.40 bits per heavy atom. The van der Waals surface area contributed by atoms with E-state index in [1.54, 1.807) is 13.0 Å². The molecular formula is C24H36F4O7. The Labute approximate surface area is 204 Å². The van der Waals surface area contributed by atoms with Crippen molar-refractivity contribution < 1.29 is 50.7 Å². The molecule has 11 heteroatoms. The molecule has 35 heavy (non-hydrogen) atoms. The SMILES string of the molecule is C=CCOCC(COCC(F)(F)OC1C(COC/C(=C\C)OCC=C)COCC1(F)F)OCC=C. The van der Waals surface area contributed by atoms with Crippen molar-refractivity contribution in [3.8, 4) is 0 Å². The Balaban J connectivity index is 2.66. The van der Waals surface area contributed by atoms with E-state index in [1.165, 1.54) is 18.2 Å². The molecule has 0 aromatic rings. The molecule has 0 amide bonds. The van der Waals surface area contributed by atoms with Crippen LogP contribution in [-0.4, -0.2) is 90.3 Å². The monoisotopic (exact) mass is 512 g/mol. The summed E-state index contributed by atoms with van der Waals surface area (Å²) in [5.74, 6) is -4.33. The molecule has 3 atom stereocenters. The minimum atomic E-state index is -3.99. The Kier molecular flexibility index (Phi) is 15.0. The minimum Gasteiger partial charge on any atom is -0.492 e. The van der Waals surface area contributed by atoms with E-state index >= 15 is 0 Å². The van der Waals surface area contributed by atoms with E-state index in [-0.39, 0.29) is 52.9 Å². The number of hydrogen-bond acceptors (Lipinski definition) is 7. The van der Waals surface area contributed by atoms with Gasteiger partial charge in [-0.1, -0.05) is 24.8 Å². The summed E-state index contributed by atoms with van der Waals surface area (Å²) < 4.78 is 93.7. The molecule has 0 N–H and O–H groups in total. The standard InChI is InChI=1S/C24H36F4O7/c1-5-9-29-15-21(34-11-7-3)16-32-18-24(27,28)35-22-19(13-31-17-23(22,25)26)12-30-14-20(8-4)33-10-6-2/h5-8,19,21-22H,1-3,9-18H2,4H3/b20-8+. The first kappa shape index (κ1) is 31.3. The van der Waals surface area contributed by atoms with Gasteiger partial charge in [0.05, 0.1) is 39.6 Å². The third kappa shape index (κ3) is 12.7. The third-order valence-electron chi connectivity index (χ3n) is 4.62. The van der Waals surface area contributed by atoms with Crippen molar-refractivity contribution >= 4 is 0 Å².